The van der Waals surface area contributed by atoms with Gasteiger partial charge in [0, 0.05) is 22.3 Å². The Balaban J connectivity index is 1.72. The zero-order valence-electron chi connectivity index (χ0n) is 16.6. The van der Waals surface area contributed by atoms with Gasteiger partial charge in [0.2, 0.25) is 0 Å². The minimum Gasteiger partial charge on any atom is -0.143 e. The fourth-order valence-electron chi connectivity index (χ4n) is 3.56. The van der Waals surface area contributed by atoms with E-state index in [1.165, 1.54) is 34.9 Å². The van der Waals surface area contributed by atoms with Crippen molar-refractivity contribution in [3.8, 4) is 0 Å². The van der Waals surface area contributed by atoms with Crippen LogP contribution < -0.4 is 30.5 Å². The highest BCUT2D eigenvalue weighted by Gasteiger charge is 2.28. The summed E-state index contributed by atoms with van der Waals surface area (Å²) in [6.45, 7) is 0. The molecule has 152 valence electrons. The molecule has 0 radical (unpaired) electrons. The Labute approximate surface area is 202 Å². The Morgan fingerprint density at radius 1 is 0.484 bits per heavy atom. The Bertz CT molecular complexity index is 1210. The van der Waals surface area contributed by atoms with Gasteiger partial charge in [0.05, 0.1) is 4.62 Å². The van der Waals surface area contributed by atoms with E-state index in [-0.39, 0.29) is 0 Å². The zero-order valence-corrected chi connectivity index (χ0v) is 21.6. The summed E-state index contributed by atoms with van der Waals surface area (Å²) >= 11 is 7.60. The van der Waals surface area contributed by atoms with Gasteiger partial charge in [-0.1, -0.05) is 91.0 Å². The largest absolute Gasteiger partial charge is 0.143 e. The first-order valence-electron chi connectivity index (χ1n) is 9.89. The third-order valence-electron chi connectivity index (χ3n) is 4.91. The van der Waals surface area contributed by atoms with Crippen molar-refractivity contribution in [1.82, 2.24) is 0 Å². The van der Waals surface area contributed by atoms with E-state index in [1.54, 1.807) is 0 Å². The number of hydrogen-bond donors (Lipinski definition) is 0. The van der Waals surface area contributed by atoms with Gasteiger partial charge in [0.15, 0.2) is 0 Å². The molecular weight excluding hydrogens is 518 g/mol. The average molecular weight is 537 g/mol. The van der Waals surface area contributed by atoms with E-state index >= 15 is 0 Å². The molecule has 0 saturated heterocycles. The second kappa shape index (κ2) is 9.90. The SMILES string of the molecule is Brc1ccsc1P(c1ccccc1)c1sccc1P(c1ccccc1)c1ccccc1. The highest BCUT2D eigenvalue weighted by atomic mass is 79.9. The molecule has 0 bridgehead atoms. The molecule has 31 heavy (non-hydrogen) atoms. The lowest BCUT2D eigenvalue weighted by atomic mass is 10.4. The van der Waals surface area contributed by atoms with Crippen molar-refractivity contribution >= 4 is 84.9 Å². The smallest absolute Gasteiger partial charge is 0.0518 e. The third kappa shape index (κ3) is 4.49. The van der Waals surface area contributed by atoms with Gasteiger partial charge >= 0.3 is 0 Å². The number of benzene rings is 3. The minimum atomic E-state index is -0.622. The third-order valence-corrected chi connectivity index (χ3v) is 14.2. The molecule has 5 aromatic rings. The van der Waals surface area contributed by atoms with E-state index in [9.17, 15) is 0 Å². The van der Waals surface area contributed by atoms with Crippen LogP contribution in [0, 0.1) is 0 Å². The average Bonchev–Trinajstić information content (AvgIpc) is 3.47. The molecule has 5 heteroatoms. The quantitative estimate of drug-likeness (QED) is 0.230. The molecule has 2 aromatic heterocycles. The highest BCUT2D eigenvalue weighted by molar-refractivity contribution is 9.10. The highest BCUT2D eigenvalue weighted by Crippen LogP contribution is 2.43. The van der Waals surface area contributed by atoms with Crippen LogP contribution in [0.5, 0.6) is 0 Å². The van der Waals surface area contributed by atoms with Crippen molar-refractivity contribution in [3.63, 3.8) is 0 Å². The molecule has 0 aliphatic rings. The van der Waals surface area contributed by atoms with Crippen LogP contribution in [0.3, 0.4) is 0 Å². The lowest BCUT2D eigenvalue weighted by molar-refractivity contribution is 1.75. The van der Waals surface area contributed by atoms with Crippen LogP contribution in [0.4, 0.5) is 0 Å². The maximum atomic E-state index is 3.84. The van der Waals surface area contributed by atoms with Crippen LogP contribution in [0.1, 0.15) is 0 Å². The van der Waals surface area contributed by atoms with Crippen LogP contribution in [0.2, 0.25) is 0 Å². The molecule has 0 N–H and O–H groups in total. The topological polar surface area (TPSA) is 0 Å². The molecule has 2 heterocycles. The lowest BCUT2D eigenvalue weighted by Gasteiger charge is -2.24. The van der Waals surface area contributed by atoms with Gasteiger partial charge < -0.3 is 0 Å². The summed E-state index contributed by atoms with van der Waals surface area (Å²) in [7, 11) is -1.24. The molecule has 0 amide bonds. The van der Waals surface area contributed by atoms with Gasteiger partial charge in [-0.25, -0.2) is 0 Å². The van der Waals surface area contributed by atoms with E-state index in [0.717, 1.165) is 0 Å². The molecule has 0 fully saturated rings. The lowest BCUT2D eigenvalue weighted by Crippen LogP contribution is -2.31. The molecule has 0 spiro atoms. The van der Waals surface area contributed by atoms with Crippen molar-refractivity contribution in [2.24, 2.45) is 0 Å². The summed E-state index contributed by atoms with van der Waals surface area (Å²) in [5.74, 6) is 0. The number of halogens is 1. The molecule has 1 atom stereocenters. The van der Waals surface area contributed by atoms with Gasteiger partial charge in [-0.05, 0) is 62.7 Å². The normalized spacial score (nSPS) is 12.2. The van der Waals surface area contributed by atoms with Crippen molar-refractivity contribution in [2.75, 3.05) is 0 Å². The Morgan fingerprint density at radius 3 is 1.42 bits per heavy atom. The first-order valence-corrected chi connectivity index (χ1v) is 15.1. The molecule has 5 rings (SSSR count). The molecule has 0 nitrogen and oxygen atoms in total. The number of thiophene rings is 2. The maximum absolute atomic E-state index is 3.84. The molecule has 0 aliphatic carbocycles. The van der Waals surface area contributed by atoms with Crippen molar-refractivity contribution < 1.29 is 0 Å². The van der Waals surface area contributed by atoms with Gasteiger partial charge in [-0.15, -0.1) is 22.7 Å². The van der Waals surface area contributed by atoms with E-state index in [1.807, 2.05) is 22.7 Å². The summed E-state index contributed by atoms with van der Waals surface area (Å²) in [5, 5.41) is 10.2. The Kier molecular flexibility index (Phi) is 6.79. The summed E-state index contributed by atoms with van der Waals surface area (Å²) < 4.78 is 4.15. The summed E-state index contributed by atoms with van der Waals surface area (Å²) in [4.78, 5) is 0. The molecule has 3 aromatic carbocycles. The Morgan fingerprint density at radius 2 is 0.935 bits per heavy atom. The van der Waals surface area contributed by atoms with Crippen LogP contribution in [-0.2, 0) is 0 Å². The Hall–Kier alpha value is -1.60. The standard InChI is InChI=1S/C26H19BrP2S2/c27-23-16-18-30-25(23)29(22-14-8-3-9-15-22)26-24(17-19-31-26)28(20-10-4-1-5-11-20)21-12-6-2-7-13-21/h1-19H. The molecule has 0 aliphatic heterocycles. The van der Waals surface area contributed by atoms with E-state index in [2.05, 4.69) is 130 Å². The fourth-order valence-corrected chi connectivity index (χ4v) is 13.3. The second-order valence-electron chi connectivity index (χ2n) is 6.86. The zero-order chi connectivity index (χ0) is 21.0. The van der Waals surface area contributed by atoms with Gasteiger partial charge in [-0.3, -0.25) is 0 Å². The second-order valence-corrected chi connectivity index (χ2v) is 14.4. The first-order chi connectivity index (χ1) is 15.3. The number of rotatable bonds is 6. The van der Waals surface area contributed by atoms with Crippen LogP contribution in [0.25, 0.3) is 0 Å². The van der Waals surface area contributed by atoms with Gasteiger partial charge in [0.25, 0.3) is 0 Å². The predicted octanol–water partition coefficient (Wildman–Crippen LogP) is 6.09. The number of hydrogen-bond acceptors (Lipinski definition) is 2. The molecule has 1 unspecified atom stereocenters. The predicted molar refractivity (Wildman–Crippen MR) is 147 cm³/mol. The summed E-state index contributed by atoms with van der Waals surface area (Å²) in [5.41, 5.74) is 0. The summed E-state index contributed by atoms with van der Waals surface area (Å²) in [6, 6.07) is 37.6. The molecule has 0 saturated carbocycles. The monoisotopic (exact) mass is 536 g/mol. The van der Waals surface area contributed by atoms with Crippen LogP contribution >= 0.6 is 54.4 Å². The van der Waals surface area contributed by atoms with Crippen molar-refractivity contribution in [3.05, 3.63) is 118 Å². The van der Waals surface area contributed by atoms with E-state index in [4.69, 9.17) is 0 Å². The van der Waals surface area contributed by atoms with Crippen LogP contribution in [0.15, 0.2) is 118 Å². The summed E-state index contributed by atoms with van der Waals surface area (Å²) in [6.07, 6.45) is 0. The van der Waals surface area contributed by atoms with Crippen molar-refractivity contribution in [2.45, 2.75) is 0 Å². The van der Waals surface area contributed by atoms with Crippen molar-refractivity contribution in [1.29, 1.82) is 0 Å². The maximum Gasteiger partial charge on any atom is 0.0518 e. The first kappa shape index (κ1) is 21.3. The molecular formula is C26H19BrP2S2. The van der Waals surface area contributed by atoms with Gasteiger partial charge in [-0.2, -0.15) is 0 Å². The fraction of sp³-hybridized carbons (Fsp3) is 0. The van der Waals surface area contributed by atoms with E-state index < -0.39 is 15.8 Å². The van der Waals surface area contributed by atoms with Gasteiger partial charge in [0.1, 0.15) is 0 Å². The van der Waals surface area contributed by atoms with Crippen LogP contribution in [-0.4, -0.2) is 0 Å². The van der Waals surface area contributed by atoms with E-state index in [0.29, 0.717) is 0 Å². The minimum absolute atomic E-state index is 0.620.